The average molecular weight is 214 g/mol. The Bertz CT molecular complexity index is 383. The van der Waals surface area contributed by atoms with E-state index in [-0.39, 0.29) is 0 Å². The third kappa shape index (κ3) is 1.90. The predicted molar refractivity (Wildman–Crippen MR) is 65.9 cm³/mol. The van der Waals surface area contributed by atoms with Crippen LogP contribution in [0.5, 0.6) is 0 Å². The third-order valence-corrected chi connectivity index (χ3v) is 3.95. The molecule has 0 aromatic carbocycles. The Balaban J connectivity index is 1.81. The Hall–Kier alpha value is -1.15. The Labute approximate surface area is 96.8 Å². The fourth-order valence-electron chi connectivity index (χ4n) is 2.97. The van der Waals surface area contributed by atoms with Crippen LogP contribution >= 0.6 is 0 Å². The number of rotatable bonds is 1. The summed E-state index contributed by atoms with van der Waals surface area (Å²) in [6.45, 7) is 2.40. The second kappa shape index (κ2) is 4.38. The summed E-state index contributed by atoms with van der Waals surface area (Å²) in [4.78, 5) is 4.21. The average Bonchev–Trinajstić information content (AvgIpc) is 2.39. The topological polar surface area (TPSA) is 24.9 Å². The number of allylic oxidation sites excluding steroid dienone is 2. The first kappa shape index (κ1) is 10.0. The lowest BCUT2D eigenvalue weighted by atomic mass is 9.75. The lowest BCUT2D eigenvalue weighted by Gasteiger charge is -2.35. The van der Waals surface area contributed by atoms with Gasteiger partial charge in [0.05, 0.1) is 0 Å². The van der Waals surface area contributed by atoms with Crippen LogP contribution in [-0.4, -0.2) is 18.1 Å². The van der Waals surface area contributed by atoms with Crippen LogP contribution in [0, 0.1) is 11.8 Å². The lowest BCUT2D eigenvalue weighted by Crippen LogP contribution is -2.37. The largest absolute Gasteiger partial charge is 0.316 e. The Morgan fingerprint density at radius 2 is 2.31 bits per heavy atom. The standard InChI is InChI=1S/C14H18N2/c1-2-13(9-15-6-1)12-4-3-11-5-7-16-10-14(11)8-12/h1-2,4,6,9,11,14,16H,3,5,7-8,10H2/t11-,14+/m1/s1. The maximum atomic E-state index is 4.21. The van der Waals surface area contributed by atoms with Crippen molar-refractivity contribution in [1.82, 2.24) is 10.3 Å². The fourth-order valence-corrected chi connectivity index (χ4v) is 2.97. The van der Waals surface area contributed by atoms with Crippen LogP contribution in [0.25, 0.3) is 5.57 Å². The van der Waals surface area contributed by atoms with E-state index < -0.39 is 0 Å². The van der Waals surface area contributed by atoms with Gasteiger partial charge in [-0.25, -0.2) is 0 Å². The van der Waals surface area contributed by atoms with Crippen molar-refractivity contribution in [2.75, 3.05) is 13.1 Å². The molecule has 0 spiro atoms. The third-order valence-electron chi connectivity index (χ3n) is 3.95. The number of piperidine rings is 1. The zero-order valence-electron chi connectivity index (χ0n) is 9.52. The van der Waals surface area contributed by atoms with Gasteiger partial charge in [0.25, 0.3) is 0 Å². The van der Waals surface area contributed by atoms with Gasteiger partial charge in [-0.1, -0.05) is 12.1 Å². The molecule has 3 rings (SSSR count). The van der Waals surface area contributed by atoms with Crippen molar-refractivity contribution < 1.29 is 0 Å². The fraction of sp³-hybridized carbons (Fsp3) is 0.500. The summed E-state index contributed by atoms with van der Waals surface area (Å²) in [5, 5.41) is 3.51. The molecule has 1 aromatic rings. The van der Waals surface area contributed by atoms with Gasteiger partial charge in [0.2, 0.25) is 0 Å². The van der Waals surface area contributed by atoms with Crippen molar-refractivity contribution in [3.8, 4) is 0 Å². The molecule has 1 fully saturated rings. The number of nitrogens with zero attached hydrogens (tertiary/aromatic N) is 1. The molecule has 1 aromatic heterocycles. The summed E-state index contributed by atoms with van der Waals surface area (Å²) in [5.74, 6) is 1.76. The van der Waals surface area contributed by atoms with Gasteiger partial charge in [-0.3, -0.25) is 4.98 Å². The minimum atomic E-state index is 0.842. The van der Waals surface area contributed by atoms with Gasteiger partial charge >= 0.3 is 0 Å². The van der Waals surface area contributed by atoms with Crippen molar-refractivity contribution in [3.63, 3.8) is 0 Å². The summed E-state index contributed by atoms with van der Waals surface area (Å²) >= 11 is 0. The highest BCUT2D eigenvalue weighted by molar-refractivity contribution is 5.65. The number of pyridine rings is 1. The summed E-state index contributed by atoms with van der Waals surface area (Å²) in [6.07, 6.45) is 10.1. The smallest absolute Gasteiger partial charge is 0.0342 e. The Morgan fingerprint density at radius 3 is 3.19 bits per heavy atom. The monoisotopic (exact) mass is 214 g/mol. The molecule has 2 heterocycles. The number of nitrogens with one attached hydrogen (secondary N) is 1. The number of fused-ring (bicyclic) bond motifs is 1. The molecule has 0 unspecified atom stereocenters. The van der Waals surface area contributed by atoms with Crippen molar-refractivity contribution >= 4 is 5.57 Å². The van der Waals surface area contributed by atoms with E-state index in [1.807, 2.05) is 18.5 Å². The maximum absolute atomic E-state index is 4.21. The maximum Gasteiger partial charge on any atom is 0.0342 e. The molecule has 1 aliphatic heterocycles. The molecule has 1 N–H and O–H groups in total. The molecule has 0 saturated carbocycles. The van der Waals surface area contributed by atoms with E-state index in [2.05, 4.69) is 22.4 Å². The molecule has 0 amide bonds. The summed E-state index contributed by atoms with van der Waals surface area (Å²) < 4.78 is 0. The molecule has 2 aliphatic rings. The first-order chi connectivity index (χ1) is 7.93. The molecule has 16 heavy (non-hydrogen) atoms. The summed E-state index contributed by atoms with van der Waals surface area (Å²) in [5.41, 5.74) is 2.81. The number of aromatic nitrogens is 1. The predicted octanol–water partition coefficient (Wildman–Crippen LogP) is 2.48. The highest BCUT2D eigenvalue weighted by Crippen LogP contribution is 2.37. The van der Waals surface area contributed by atoms with Crippen LogP contribution in [0.2, 0.25) is 0 Å². The second-order valence-electron chi connectivity index (χ2n) is 4.92. The van der Waals surface area contributed by atoms with E-state index in [1.54, 1.807) is 0 Å². The van der Waals surface area contributed by atoms with Crippen LogP contribution in [-0.2, 0) is 0 Å². The van der Waals surface area contributed by atoms with E-state index >= 15 is 0 Å². The van der Waals surface area contributed by atoms with Crippen LogP contribution in [0.15, 0.2) is 30.6 Å². The molecule has 0 radical (unpaired) electrons. The van der Waals surface area contributed by atoms with E-state index in [0.717, 1.165) is 11.8 Å². The minimum absolute atomic E-state index is 0.842. The lowest BCUT2D eigenvalue weighted by molar-refractivity contribution is 0.252. The molecule has 0 bridgehead atoms. The quantitative estimate of drug-likeness (QED) is 0.777. The van der Waals surface area contributed by atoms with Gasteiger partial charge < -0.3 is 5.32 Å². The van der Waals surface area contributed by atoms with E-state index in [0.29, 0.717) is 0 Å². The second-order valence-corrected chi connectivity index (χ2v) is 4.92. The Kier molecular flexibility index (Phi) is 2.75. The molecule has 2 heteroatoms. The van der Waals surface area contributed by atoms with Gasteiger partial charge in [-0.2, -0.15) is 0 Å². The van der Waals surface area contributed by atoms with Crippen molar-refractivity contribution in [1.29, 1.82) is 0 Å². The SMILES string of the molecule is C1=C(c2cccnc2)C[C@H]2CNCC[C@H]2C1. The number of hydrogen-bond donors (Lipinski definition) is 1. The highest BCUT2D eigenvalue weighted by atomic mass is 14.9. The van der Waals surface area contributed by atoms with Crippen LogP contribution in [0.1, 0.15) is 24.8 Å². The van der Waals surface area contributed by atoms with Crippen LogP contribution in [0.3, 0.4) is 0 Å². The van der Waals surface area contributed by atoms with E-state index in [4.69, 9.17) is 0 Å². The highest BCUT2D eigenvalue weighted by Gasteiger charge is 2.28. The number of hydrogen-bond acceptors (Lipinski definition) is 2. The molecule has 1 saturated heterocycles. The van der Waals surface area contributed by atoms with Crippen molar-refractivity contribution in [3.05, 3.63) is 36.2 Å². The zero-order valence-corrected chi connectivity index (χ0v) is 9.52. The van der Waals surface area contributed by atoms with Crippen LogP contribution in [0.4, 0.5) is 0 Å². The molecule has 2 atom stereocenters. The van der Waals surface area contributed by atoms with E-state index in [9.17, 15) is 0 Å². The van der Waals surface area contributed by atoms with Crippen LogP contribution < -0.4 is 5.32 Å². The molecule has 84 valence electrons. The first-order valence-corrected chi connectivity index (χ1v) is 6.23. The molecular weight excluding hydrogens is 196 g/mol. The zero-order chi connectivity index (χ0) is 10.8. The minimum Gasteiger partial charge on any atom is -0.316 e. The van der Waals surface area contributed by atoms with E-state index in [1.165, 1.54) is 43.5 Å². The first-order valence-electron chi connectivity index (χ1n) is 6.23. The summed E-state index contributed by atoms with van der Waals surface area (Å²) in [7, 11) is 0. The molecular formula is C14H18N2. The normalized spacial score (nSPS) is 29.4. The van der Waals surface area contributed by atoms with Gasteiger partial charge in [0.15, 0.2) is 0 Å². The molecule has 2 nitrogen and oxygen atoms in total. The van der Waals surface area contributed by atoms with Gasteiger partial charge in [-0.15, -0.1) is 0 Å². The van der Waals surface area contributed by atoms with Gasteiger partial charge in [-0.05, 0) is 61.4 Å². The Morgan fingerprint density at radius 1 is 1.31 bits per heavy atom. The molecule has 1 aliphatic carbocycles. The van der Waals surface area contributed by atoms with Gasteiger partial charge in [0, 0.05) is 12.4 Å². The van der Waals surface area contributed by atoms with Crippen molar-refractivity contribution in [2.45, 2.75) is 19.3 Å². The van der Waals surface area contributed by atoms with Gasteiger partial charge in [0.1, 0.15) is 0 Å². The summed E-state index contributed by atoms with van der Waals surface area (Å²) in [6, 6.07) is 4.21. The van der Waals surface area contributed by atoms with Crippen molar-refractivity contribution in [2.24, 2.45) is 11.8 Å².